The Bertz CT molecular complexity index is 1420. The number of para-hydroxylation sites is 1. The molecule has 9 heteroatoms. The van der Waals surface area contributed by atoms with E-state index in [0.717, 1.165) is 43.0 Å². The lowest BCUT2D eigenvalue weighted by Crippen LogP contribution is -2.23. The fourth-order valence-corrected chi connectivity index (χ4v) is 6.22. The first-order valence-electron chi connectivity index (χ1n) is 10.5. The molecule has 2 heterocycles. The van der Waals surface area contributed by atoms with Crippen LogP contribution in [0.2, 0.25) is 5.02 Å². The minimum Gasteiger partial charge on any atom is -0.323 e. The molecule has 0 unspecified atom stereocenters. The predicted molar refractivity (Wildman–Crippen MR) is 133 cm³/mol. The molecule has 1 amide bonds. The Hall–Kier alpha value is -2.68. The summed E-state index contributed by atoms with van der Waals surface area (Å²) in [5.74, 6) is -0.907. The number of fused-ring (bicyclic) bond motifs is 3. The summed E-state index contributed by atoms with van der Waals surface area (Å²) in [6.45, 7) is 0. The molecule has 0 spiro atoms. The summed E-state index contributed by atoms with van der Waals surface area (Å²) < 4.78 is 15.4. The van der Waals surface area contributed by atoms with Crippen LogP contribution in [0.5, 0.6) is 0 Å². The molecule has 1 N–H and O–H groups in total. The Morgan fingerprint density at radius 2 is 1.91 bits per heavy atom. The summed E-state index contributed by atoms with van der Waals surface area (Å²) in [7, 11) is 0. The van der Waals surface area contributed by atoms with Crippen molar-refractivity contribution in [3.8, 4) is 5.69 Å². The fourth-order valence-electron chi connectivity index (χ4n) is 3.98. The summed E-state index contributed by atoms with van der Waals surface area (Å²) in [5, 5.41) is 4.22. The van der Waals surface area contributed by atoms with Gasteiger partial charge < -0.3 is 5.32 Å². The molecule has 33 heavy (non-hydrogen) atoms. The van der Waals surface area contributed by atoms with E-state index in [2.05, 4.69) is 5.32 Å². The minimum absolute atomic E-state index is 0.0229. The van der Waals surface area contributed by atoms with Gasteiger partial charge in [0.25, 0.3) is 5.56 Å². The second kappa shape index (κ2) is 9.29. The third-order valence-electron chi connectivity index (χ3n) is 5.52. The van der Waals surface area contributed by atoms with Crippen molar-refractivity contribution in [3.05, 3.63) is 80.2 Å². The lowest BCUT2D eigenvalue weighted by molar-refractivity contribution is -0.113. The van der Waals surface area contributed by atoms with Gasteiger partial charge in [0, 0.05) is 9.90 Å². The molecule has 2 aromatic heterocycles. The average molecular weight is 500 g/mol. The lowest BCUT2D eigenvalue weighted by Gasteiger charge is -2.14. The Labute approximate surface area is 202 Å². The van der Waals surface area contributed by atoms with E-state index in [4.69, 9.17) is 16.6 Å². The summed E-state index contributed by atoms with van der Waals surface area (Å²) in [4.78, 5) is 32.9. The molecule has 0 aliphatic heterocycles. The molecular weight excluding hydrogens is 481 g/mol. The van der Waals surface area contributed by atoms with Gasteiger partial charge in [-0.1, -0.05) is 35.5 Å². The third-order valence-corrected chi connectivity index (χ3v) is 7.90. The van der Waals surface area contributed by atoms with E-state index >= 15 is 0 Å². The molecule has 4 aromatic rings. The molecule has 0 bridgehead atoms. The maximum absolute atomic E-state index is 13.9. The molecule has 2 aromatic carbocycles. The van der Waals surface area contributed by atoms with E-state index in [1.54, 1.807) is 52.3 Å². The van der Waals surface area contributed by atoms with Crippen LogP contribution in [0.25, 0.3) is 15.9 Å². The number of rotatable bonds is 5. The van der Waals surface area contributed by atoms with Crippen LogP contribution in [0, 0.1) is 5.82 Å². The highest BCUT2D eigenvalue weighted by Crippen LogP contribution is 2.35. The van der Waals surface area contributed by atoms with E-state index in [1.807, 2.05) is 0 Å². The van der Waals surface area contributed by atoms with E-state index < -0.39 is 5.82 Å². The molecule has 0 saturated carbocycles. The molecule has 0 saturated heterocycles. The summed E-state index contributed by atoms with van der Waals surface area (Å²) in [6.07, 6.45) is 4.02. The topological polar surface area (TPSA) is 64.0 Å². The molecule has 5 rings (SSSR count). The first kappa shape index (κ1) is 22.1. The molecule has 0 fully saturated rings. The van der Waals surface area contributed by atoms with Crippen LogP contribution in [0.1, 0.15) is 23.3 Å². The van der Waals surface area contributed by atoms with E-state index in [9.17, 15) is 14.0 Å². The zero-order valence-corrected chi connectivity index (χ0v) is 19.8. The number of thiophene rings is 1. The Morgan fingerprint density at radius 3 is 2.70 bits per heavy atom. The van der Waals surface area contributed by atoms with Crippen LogP contribution < -0.4 is 10.9 Å². The number of carbonyl (C=O) groups excluding carboxylic acids is 1. The molecule has 168 valence electrons. The van der Waals surface area contributed by atoms with Gasteiger partial charge in [-0.15, -0.1) is 11.3 Å². The van der Waals surface area contributed by atoms with Crippen molar-refractivity contribution < 1.29 is 9.18 Å². The van der Waals surface area contributed by atoms with Crippen molar-refractivity contribution in [2.75, 3.05) is 11.1 Å². The molecule has 1 aliphatic carbocycles. The SMILES string of the molecule is O=C(CSc1nc2sc3c(c2c(=O)n1-c1ccc(Cl)cc1)CCCC3)Nc1ccccc1F. The van der Waals surface area contributed by atoms with Gasteiger partial charge in [0.2, 0.25) is 5.91 Å². The van der Waals surface area contributed by atoms with Crippen LogP contribution >= 0.6 is 34.7 Å². The highest BCUT2D eigenvalue weighted by molar-refractivity contribution is 7.99. The second-order valence-electron chi connectivity index (χ2n) is 7.72. The van der Waals surface area contributed by atoms with Gasteiger partial charge in [-0.2, -0.15) is 0 Å². The number of thioether (sulfide) groups is 1. The quantitative estimate of drug-likeness (QED) is 0.276. The zero-order valence-electron chi connectivity index (χ0n) is 17.4. The van der Waals surface area contributed by atoms with Crippen molar-refractivity contribution >= 4 is 56.5 Å². The average Bonchev–Trinajstić information content (AvgIpc) is 3.19. The fraction of sp³-hybridized carbons (Fsp3) is 0.208. The van der Waals surface area contributed by atoms with E-state index in [-0.39, 0.29) is 22.9 Å². The number of aromatic nitrogens is 2. The molecule has 5 nitrogen and oxygen atoms in total. The normalized spacial score (nSPS) is 13.2. The number of amides is 1. The van der Waals surface area contributed by atoms with Gasteiger partial charge in [-0.25, -0.2) is 9.37 Å². The minimum atomic E-state index is -0.502. The monoisotopic (exact) mass is 499 g/mol. The van der Waals surface area contributed by atoms with Gasteiger partial charge in [0.05, 0.1) is 22.5 Å². The highest BCUT2D eigenvalue weighted by Gasteiger charge is 2.23. The number of nitrogens with one attached hydrogen (secondary N) is 1. The molecule has 0 radical (unpaired) electrons. The first-order valence-corrected chi connectivity index (χ1v) is 12.7. The Balaban J connectivity index is 1.53. The van der Waals surface area contributed by atoms with Crippen molar-refractivity contribution in [1.29, 1.82) is 0 Å². The van der Waals surface area contributed by atoms with Crippen LogP contribution in [0.15, 0.2) is 58.5 Å². The van der Waals surface area contributed by atoms with E-state index in [1.165, 1.54) is 17.0 Å². The second-order valence-corrected chi connectivity index (χ2v) is 10.2. The summed E-state index contributed by atoms with van der Waals surface area (Å²) >= 11 is 8.76. The van der Waals surface area contributed by atoms with E-state index in [0.29, 0.717) is 26.1 Å². The van der Waals surface area contributed by atoms with Crippen LogP contribution in [-0.2, 0) is 17.6 Å². The number of hydrogen-bond donors (Lipinski definition) is 1. The van der Waals surface area contributed by atoms with Crippen molar-refractivity contribution in [1.82, 2.24) is 9.55 Å². The highest BCUT2D eigenvalue weighted by atomic mass is 35.5. The predicted octanol–water partition coefficient (Wildman–Crippen LogP) is 5.85. The lowest BCUT2D eigenvalue weighted by atomic mass is 9.97. The molecule has 0 atom stereocenters. The number of aryl methyl sites for hydroxylation is 2. The Morgan fingerprint density at radius 1 is 1.15 bits per heavy atom. The largest absolute Gasteiger partial charge is 0.323 e. The first-order chi connectivity index (χ1) is 16.0. The van der Waals surface area contributed by atoms with Crippen molar-refractivity contribution in [3.63, 3.8) is 0 Å². The standard InChI is InChI=1S/C24H19ClFN3O2S2/c25-14-9-11-15(12-10-14)29-23(31)21-16-5-1-4-8-19(16)33-22(21)28-24(29)32-13-20(30)27-18-7-3-2-6-17(18)26/h2-3,6-7,9-12H,1,4-5,8,13H2,(H,27,30). The smallest absolute Gasteiger partial charge is 0.267 e. The number of hydrogen-bond acceptors (Lipinski definition) is 5. The summed E-state index contributed by atoms with van der Waals surface area (Å²) in [6, 6.07) is 13.0. The van der Waals surface area contributed by atoms with Crippen LogP contribution in [-0.4, -0.2) is 21.2 Å². The third kappa shape index (κ3) is 4.43. The van der Waals surface area contributed by atoms with Gasteiger partial charge in [-0.05, 0) is 67.6 Å². The van der Waals surface area contributed by atoms with Gasteiger partial charge >= 0.3 is 0 Å². The Kier molecular flexibility index (Phi) is 6.23. The maximum atomic E-state index is 13.9. The number of nitrogens with zero attached hydrogens (tertiary/aromatic N) is 2. The number of halogens is 2. The van der Waals surface area contributed by atoms with Gasteiger partial charge in [0.1, 0.15) is 10.6 Å². The summed E-state index contributed by atoms with van der Waals surface area (Å²) in [5.41, 5.74) is 1.72. The van der Waals surface area contributed by atoms with Crippen LogP contribution in [0.4, 0.5) is 10.1 Å². The maximum Gasteiger partial charge on any atom is 0.267 e. The number of anilines is 1. The van der Waals surface area contributed by atoms with Gasteiger partial charge in [0.15, 0.2) is 5.16 Å². The molecular formula is C24H19ClFN3O2S2. The van der Waals surface area contributed by atoms with Crippen LogP contribution in [0.3, 0.4) is 0 Å². The number of carbonyl (C=O) groups is 1. The van der Waals surface area contributed by atoms with Crippen molar-refractivity contribution in [2.24, 2.45) is 0 Å². The number of benzene rings is 2. The van der Waals surface area contributed by atoms with Crippen molar-refractivity contribution in [2.45, 2.75) is 30.8 Å². The molecule has 1 aliphatic rings. The zero-order chi connectivity index (χ0) is 22.9. The van der Waals surface area contributed by atoms with Gasteiger partial charge in [-0.3, -0.25) is 14.2 Å².